The molecule has 2 saturated carbocycles. The van der Waals surface area contributed by atoms with Gasteiger partial charge in [0.1, 0.15) is 5.75 Å². The molecule has 0 aliphatic heterocycles. The van der Waals surface area contributed by atoms with Gasteiger partial charge in [-0.25, -0.2) is 0 Å². The van der Waals surface area contributed by atoms with E-state index in [1.807, 2.05) is 0 Å². The van der Waals surface area contributed by atoms with E-state index in [1.165, 1.54) is 31.2 Å². The van der Waals surface area contributed by atoms with Crippen molar-refractivity contribution in [1.82, 2.24) is 0 Å². The lowest BCUT2D eigenvalue weighted by atomic mass is 10.1. The number of hydrogen-bond acceptors (Lipinski definition) is 1. The Labute approximate surface area is 78.7 Å². The molecule has 13 heavy (non-hydrogen) atoms. The summed E-state index contributed by atoms with van der Waals surface area (Å²) >= 11 is 0. The molecule has 0 bridgehead atoms. The van der Waals surface area contributed by atoms with E-state index >= 15 is 0 Å². The maximum absolute atomic E-state index is 5.74. The van der Waals surface area contributed by atoms with Crippen LogP contribution in [0.4, 0.5) is 0 Å². The Morgan fingerprint density at radius 2 is 1.92 bits per heavy atom. The second-order valence-corrected chi connectivity index (χ2v) is 4.16. The molecule has 2 fully saturated rings. The first-order valence-electron chi connectivity index (χ1n) is 5.18. The minimum absolute atomic E-state index is 0.523. The largest absolute Gasteiger partial charge is 0.490 e. The monoisotopic (exact) mass is 174 g/mol. The number of hydrogen-bond donors (Lipinski definition) is 0. The van der Waals surface area contributed by atoms with Gasteiger partial charge in [0, 0.05) is 0 Å². The maximum atomic E-state index is 5.74. The molecule has 1 aromatic carbocycles. The zero-order valence-corrected chi connectivity index (χ0v) is 7.70. The predicted octanol–water partition coefficient (Wildman–Crippen LogP) is 3.11. The molecule has 0 unspecified atom stereocenters. The first kappa shape index (κ1) is 7.43. The van der Waals surface area contributed by atoms with Crippen LogP contribution in [0.1, 0.15) is 37.2 Å². The van der Waals surface area contributed by atoms with Gasteiger partial charge in [0.25, 0.3) is 0 Å². The second-order valence-electron chi connectivity index (χ2n) is 4.16. The molecule has 1 aromatic rings. The minimum atomic E-state index is 0.523. The van der Waals surface area contributed by atoms with Crippen molar-refractivity contribution in [2.75, 3.05) is 0 Å². The lowest BCUT2D eigenvalue weighted by molar-refractivity contribution is 0.303. The van der Waals surface area contributed by atoms with E-state index in [2.05, 4.69) is 24.3 Å². The quantitative estimate of drug-likeness (QED) is 0.684. The Hall–Kier alpha value is -0.980. The molecular formula is C12H14O. The highest BCUT2D eigenvalue weighted by Crippen LogP contribution is 2.41. The van der Waals surface area contributed by atoms with E-state index in [-0.39, 0.29) is 0 Å². The average molecular weight is 174 g/mol. The Morgan fingerprint density at radius 1 is 1.08 bits per heavy atom. The van der Waals surface area contributed by atoms with Gasteiger partial charge < -0.3 is 4.74 Å². The highest BCUT2D eigenvalue weighted by molar-refractivity contribution is 5.33. The molecule has 1 heteroatoms. The van der Waals surface area contributed by atoms with E-state index < -0.39 is 0 Å². The van der Waals surface area contributed by atoms with Gasteiger partial charge in [-0.2, -0.15) is 0 Å². The van der Waals surface area contributed by atoms with Crippen LogP contribution in [0.2, 0.25) is 0 Å². The van der Waals surface area contributed by atoms with Crippen LogP contribution in [0.3, 0.4) is 0 Å². The molecule has 0 atom stereocenters. The smallest absolute Gasteiger partial charge is 0.119 e. The molecule has 0 amide bonds. The Kier molecular flexibility index (Phi) is 1.58. The first-order valence-corrected chi connectivity index (χ1v) is 5.18. The summed E-state index contributed by atoms with van der Waals surface area (Å²) in [6.45, 7) is 0. The Morgan fingerprint density at radius 3 is 2.62 bits per heavy atom. The van der Waals surface area contributed by atoms with E-state index in [0.29, 0.717) is 6.10 Å². The third-order valence-electron chi connectivity index (χ3n) is 2.73. The molecule has 0 spiro atoms. The van der Waals surface area contributed by atoms with Crippen LogP contribution >= 0.6 is 0 Å². The minimum Gasteiger partial charge on any atom is -0.490 e. The summed E-state index contributed by atoms with van der Waals surface area (Å²) in [7, 11) is 0. The third-order valence-corrected chi connectivity index (χ3v) is 2.73. The van der Waals surface area contributed by atoms with Gasteiger partial charge >= 0.3 is 0 Å². The zero-order valence-electron chi connectivity index (χ0n) is 7.70. The summed E-state index contributed by atoms with van der Waals surface area (Å²) in [4.78, 5) is 0. The van der Waals surface area contributed by atoms with Crippen LogP contribution in [-0.2, 0) is 0 Å². The molecule has 0 radical (unpaired) electrons. The summed E-state index contributed by atoms with van der Waals surface area (Å²) in [5, 5.41) is 0. The van der Waals surface area contributed by atoms with Crippen LogP contribution in [0.25, 0.3) is 0 Å². The lowest BCUT2D eigenvalue weighted by Crippen LogP contribution is -1.95. The van der Waals surface area contributed by atoms with Crippen LogP contribution < -0.4 is 4.74 Å². The van der Waals surface area contributed by atoms with Gasteiger partial charge in [-0.1, -0.05) is 12.1 Å². The van der Waals surface area contributed by atoms with Crippen molar-refractivity contribution in [1.29, 1.82) is 0 Å². The van der Waals surface area contributed by atoms with Gasteiger partial charge in [0.15, 0.2) is 0 Å². The van der Waals surface area contributed by atoms with E-state index in [9.17, 15) is 0 Å². The fraction of sp³-hybridized carbons (Fsp3) is 0.500. The van der Waals surface area contributed by atoms with Crippen LogP contribution in [0, 0.1) is 0 Å². The summed E-state index contributed by atoms with van der Waals surface area (Å²) in [6, 6.07) is 8.63. The number of rotatable bonds is 3. The number of ether oxygens (including phenoxy) is 1. The molecule has 0 saturated heterocycles. The summed E-state index contributed by atoms with van der Waals surface area (Å²) in [5.41, 5.74) is 1.47. The molecule has 0 aromatic heterocycles. The molecular weight excluding hydrogens is 160 g/mol. The molecule has 2 aliphatic rings. The average Bonchev–Trinajstić information content (AvgIpc) is 3.00. The van der Waals surface area contributed by atoms with Crippen molar-refractivity contribution in [2.24, 2.45) is 0 Å². The van der Waals surface area contributed by atoms with Crippen molar-refractivity contribution < 1.29 is 4.74 Å². The topological polar surface area (TPSA) is 9.23 Å². The van der Waals surface area contributed by atoms with Crippen molar-refractivity contribution in [3.05, 3.63) is 29.8 Å². The van der Waals surface area contributed by atoms with E-state index in [0.717, 1.165) is 11.7 Å². The maximum Gasteiger partial charge on any atom is 0.119 e. The van der Waals surface area contributed by atoms with Crippen molar-refractivity contribution in [3.8, 4) is 5.75 Å². The molecule has 0 N–H and O–H groups in total. The lowest BCUT2D eigenvalue weighted by Gasteiger charge is -2.05. The summed E-state index contributed by atoms with van der Waals surface area (Å²) < 4.78 is 5.74. The first-order chi connectivity index (χ1) is 6.42. The van der Waals surface area contributed by atoms with Gasteiger partial charge in [-0.05, 0) is 49.3 Å². The van der Waals surface area contributed by atoms with Gasteiger partial charge in [0.05, 0.1) is 6.10 Å². The SMILES string of the molecule is c1cc(OC2CC2)cc(C2CC2)c1. The highest BCUT2D eigenvalue weighted by atomic mass is 16.5. The summed E-state index contributed by atoms with van der Waals surface area (Å²) in [6.07, 6.45) is 5.75. The van der Waals surface area contributed by atoms with Crippen LogP contribution in [-0.4, -0.2) is 6.10 Å². The van der Waals surface area contributed by atoms with Gasteiger partial charge in [-0.3, -0.25) is 0 Å². The van der Waals surface area contributed by atoms with Crippen molar-refractivity contribution in [2.45, 2.75) is 37.7 Å². The van der Waals surface area contributed by atoms with Gasteiger partial charge in [-0.15, -0.1) is 0 Å². The fourth-order valence-electron chi connectivity index (χ4n) is 1.64. The molecule has 1 nitrogen and oxygen atoms in total. The standard InChI is InChI=1S/C12H14O/c1-2-10(9-4-5-9)8-12(3-1)13-11-6-7-11/h1-3,8-9,11H,4-7H2. The highest BCUT2D eigenvalue weighted by Gasteiger charge is 2.26. The third kappa shape index (κ3) is 1.69. The fourth-order valence-corrected chi connectivity index (χ4v) is 1.64. The molecule has 0 heterocycles. The van der Waals surface area contributed by atoms with Crippen molar-refractivity contribution >= 4 is 0 Å². The zero-order chi connectivity index (χ0) is 8.67. The summed E-state index contributed by atoms with van der Waals surface area (Å²) in [5.74, 6) is 1.91. The molecule has 2 aliphatic carbocycles. The Bertz CT molecular complexity index is 311. The van der Waals surface area contributed by atoms with E-state index in [1.54, 1.807) is 0 Å². The normalized spacial score (nSPS) is 21.5. The van der Waals surface area contributed by atoms with E-state index in [4.69, 9.17) is 4.74 Å². The van der Waals surface area contributed by atoms with Crippen LogP contribution in [0.5, 0.6) is 5.75 Å². The van der Waals surface area contributed by atoms with Gasteiger partial charge in [0.2, 0.25) is 0 Å². The second kappa shape index (κ2) is 2.76. The van der Waals surface area contributed by atoms with Crippen molar-refractivity contribution in [3.63, 3.8) is 0 Å². The predicted molar refractivity (Wildman–Crippen MR) is 52.1 cm³/mol. The van der Waals surface area contributed by atoms with Crippen LogP contribution in [0.15, 0.2) is 24.3 Å². The molecule has 3 rings (SSSR count). The Balaban J connectivity index is 1.79. The number of benzene rings is 1. The molecule has 68 valence electrons.